The minimum Gasteiger partial charge on any atom is -0.467 e. The second kappa shape index (κ2) is 17.9. The van der Waals surface area contributed by atoms with Gasteiger partial charge in [-0.1, -0.05) is 90.4 Å². The Morgan fingerprint density at radius 3 is 1.86 bits per heavy atom. The third-order valence-corrected chi connectivity index (χ3v) is 6.94. The van der Waals surface area contributed by atoms with Crippen LogP contribution in [-0.4, -0.2) is 72.1 Å². The fourth-order valence-corrected chi connectivity index (χ4v) is 4.03. The summed E-state index contributed by atoms with van der Waals surface area (Å²) in [6.07, 6.45) is 2.48. The molecule has 11 heteroatoms. The van der Waals surface area contributed by atoms with Crippen LogP contribution in [0.3, 0.4) is 0 Å². The number of methoxy groups -OCH3 is 1. The zero-order valence-electron chi connectivity index (χ0n) is 26.0. The van der Waals surface area contributed by atoms with Gasteiger partial charge in [-0.25, -0.2) is 4.79 Å². The van der Waals surface area contributed by atoms with Crippen molar-refractivity contribution in [3.63, 3.8) is 0 Å². The number of aliphatic hydroxyl groups excluding tert-OH is 1. The van der Waals surface area contributed by atoms with Crippen molar-refractivity contribution in [2.45, 2.75) is 91.6 Å². The minimum absolute atomic E-state index is 0.239. The highest BCUT2D eigenvalue weighted by Gasteiger charge is 2.33. The molecule has 1 rings (SSSR count). The summed E-state index contributed by atoms with van der Waals surface area (Å²) in [5.41, 5.74) is 0.875. The molecule has 0 spiro atoms. The number of hydrogen-bond acceptors (Lipinski definition) is 7. The first kappa shape index (κ1) is 36.3. The van der Waals surface area contributed by atoms with E-state index >= 15 is 0 Å². The predicted octanol–water partition coefficient (Wildman–Crippen LogP) is 1.94. The van der Waals surface area contributed by atoms with Gasteiger partial charge in [0, 0.05) is 0 Å². The van der Waals surface area contributed by atoms with Gasteiger partial charge in [-0.05, 0) is 30.2 Å². The molecule has 0 saturated heterocycles. The van der Waals surface area contributed by atoms with Crippen molar-refractivity contribution in [3.05, 3.63) is 42.0 Å². The summed E-state index contributed by atoms with van der Waals surface area (Å²) in [5, 5.41) is 20.9. The summed E-state index contributed by atoms with van der Waals surface area (Å²) < 4.78 is 4.79. The molecule has 0 heterocycles. The quantitative estimate of drug-likeness (QED) is 0.184. The van der Waals surface area contributed by atoms with Crippen LogP contribution in [0.15, 0.2) is 36.4 Å². The van der Waals surface area contributed by atoms with Crippen LogP contribution < -0.4 is 21.3 Å². The SMILES string of the molecule is CC[C@H](C)[C@H](NC(=O)[C@@H](C)NC(=O)[C@@H](NC(=O)C[C@@H](O)/C=C/c1ccccc1)C(C)C)C(=O)N[C@H](C(=O)OC)C(C)C. The summed E-state index contributed by atoms with van der Waals surface area (Å²) in [5.74, 6) is -3.65. The lowest BCUT2D eigenvalue weighted by Gasteiger charge is -2.29. The smallest absolute Gasteiger partial charge is 0.328 e. The number of amides is 4. The molecule has 1 aromatic carbocycles. The molecule has 0 bridgehead atoms. The normalized spacial score (nSPS) is 15.7. The molecule has 0 unspecified atom stereocenters. The van der Waals surface area contributed by atoms with Gasteiger partial charge in [-0.15, -0.1) is 0 Å². The molecular formula is C31H48N4O7. The predicted molar refractivity (Wildman–Crippen MR) is 161 cm³/mol. The summed E-state index contributed by atoms with van der Waals surface area (Å²) in [6.45, 7) is 12.2. The first-order valence-corrected chi connectivity index (χ1v) is 14.4. The first-order valence-electron chi connectivity index (χ1n) is 14.4. The average molecular weight is 589 g/mol. The van der Waals surface area contributed by atoms with Crippen molar-refractivity contribution in [1.29, 1.82) is 0 Å². The third kappa shape index (κ3) is 12.0. The van der Waals surface area contributed by atoms with Crippen molar-refractivity contribution in [1.82, 2.24) is 21.3 Å². The van der Waals surface area contributed by atoms with Crippen molar-refractivity contribution in [2.24, 2.45) is 17.8 Å². The van der Waals surface area contributed by atoms with E-state index in [0.29, 0.717) is 6.42 Å². The third-order valence-electron chi connectivity index (χ3n) is 6.94. The van der Waals surface area contributed by atoms with E-state index in [1.165, 1.54) is 20.1 Å². The van der Waals surface area contributed by atoms with Crippen molar-refractivity contribution in [3.8, 4) is 0 Å². The molecule has 1 aromatic rings. The molecule has 0 aromatic heterocycles. The molecule has 0 aliphatic carbocycles. The number of carbonyl (C=O) groups excluding carboxylic acids is 5. The Morgan fingerprint density at radius 1 is 0.786 bits per heavy atom. The van der Waals surface area contributed by atoms with Gasteiger partial charge in [0.1, 0.15) is 24.2 Å². The molecule has 6 atom stereocenters. The van der Waals surface area contributed by atoms with Crippen LogP contribution in [0.4, 0.5) is 0 Å². The van der Waals surface area contributed by atoms with Crippen LogP contribution in [0.1, 0.15) is 66.9 Å². The lowest BCUT2D eigenvalue weighted by atomic mass is 9.96. The second-order valence-corrected chi connectivity index (χ2v) is 11.2. The maximum absolute atomic E-state index is 13.1. The summed E-state index contributed by atoms with van der Waals surface area (Å²) in [4.78, 5) is 63.9. The van der Waals surface area contributed by atoms with Crippen LogP contribution in [-0.2, 0) is 28.7 Å². The van der Waals surface area contributed by atoms with E-state index in [1.807, 2.05) is 37.3 Å². The Balaban J connectivity index is 2.83. The van der Waals surface area contributed by atoms with Gasteiger partial charge in [-0.3, -0.25) is 19.2 Å². The number of rotatable bonds is 16. The standard InChI is InChI=1S/C31H48N4O7/c1-9-20(6)27(30(40)34-26(19(4)5)31(41)42-8)35-28(38)21(7)32-29(39)25(18(2)3)33-24(37)17-23(36)16-15-22-13-11-10-12-14-22/h10-16,18-21,23,25-27,36H,9,17H2,1-8H3,(H,32,39)(H,33,37)(H,34,40)(H,35,38)/b16-15+/t20-,21+,23-,25-,26-,27-/m0/s1. The lowest BCUT2D eigenvalue weighted by molar-refractivity contribution is -0.147. The van der Waals surface area contributed by atoms with Crippen LogP contribution >= 0.6 is 0 Å². The van der Waals surface area contributed by atoms with E-state index in [4.69, 9.17) is 4.74 Å². The number of hydrogen-bond donors (Lipinski definition) is 5. The first-order chi connectivity index (χ1) is 19.7. The second-order valence-electron chi connectivity index (χ2n) is 11.2. The zero-order valence-corrected chi connectivity index (χ0v) is 26.0. The fourth-order valence-electron chi connectivity index (χ4n) is 4.03. The number of ether oxygens (including phenoxy) is 1. The zero-order chi connectivity index (χ0) is 32.0. The van der Waals surface area contributed by atoms with Gasteiger partial charge < -0.3 is 31.1 Å². The lowest BCUT2D eigenvalue weighted by Crippen LogP contribution is -2.59. The highest BCUT2D eigenvalue weighted by atomic mass is 16.5. The van der Waals surface area contributed by atoms with Crippen LogP contribution in [0.2, 0.25) is 0 Å². The number of benzene rings is 1. The van der Waals surface area contributed by atoms with E-state index < -0.39 is 59.9 Å². The number of aliphatic hydroxyl groups is 1. The highest BCUT2D eigenvalue weighted by Crippen LogP contribution is 2.12. The monoisotopic (exact) mass is 588 g/mol. The number of esters is 1. The molecule has 0 aliphatic heterocycles. The van der Waals surface area contributed by atoms with Crippen LogP contribution in [0.25, 0.3) is 6.08 Å². The fraction of sp³-hybridized carbons (Fsp3) is 0.581. The molecule has 0 saturated carbocycles. The van der Waals surface area contributed by atoms with Gasteiger partial charge in [0.05, 0.1) is 19.6 Å². The molecule has 234 valence electrons. The van der Waals surface area contributed by atoms with Gasteiger partial charge in [0.2, 0.25) is 23.6 Å². The molecule has 0 fully saturated rings. The average Bonchev–Trinajstić information content (AvgIpc) is 2.95. The minimum atomic E-state index is -1.05. The van der Waals surface area contributed by atoms with E-state index in [0.717, 1.165) is 5.56 Å². The van der Waals surface area contributed by atoms with E-state index in [1.54, 1.807) is 40.7 Å². The molecule has 0 radical (unpaired) electrons. The topological polar surface area (TPSA) is 163 Å². The highest BCUT2D eigenvalue weighted by molar-refractivity contribution is 5.95. The van der Waals surface area contributed by atoms with Gasteiger partial charge >= 0.3 is 5.97 Å². The Kier molecular flexibility index (Phi) is 15.5. The Hall–Kier alpha value is -3.73. The summed E-state index contributed by atoms with van der Waals surface area (Å²) in [7, 11) is 1.24. The Morgan fingerprint density at radius 2 is 1.33 bits per heavy atom. The van der Waals surface area contributed by atoms with Crippen LogP contribution in [0, 0.1) is 17.8 Å². The molecule has 42 heavy (non-hydrogen) atoms. The number of carbonyl (C=O) groups is 5. The molecule has 0 aliphatic rings. The maximum Gasteiger partial charge on any atom is 0.328 e. The molecule has 4 amide bonds. The van der Waals surface area contributed by atoms with E-state index in [-0.39, 0.29) is 24.2 Å². The molecule has 11 nitrogen and oxygen atoms in total. The molecule has 5 N–H and O–H groups in total. The summed E-state index contributed by atoms with van der Waals surface area (Å²) in [6, 6.07) is 5.49. The van der Waals surface area contributed by atoms with Gasteiger partial charge in [-0.2, -0.15) is 0 Å². The van der Waals surface area contributed by atoms with Crippen molar-refractivity contribution >= 4 is 35.7 Å². The number of nitrogens with one attached hydrogen (secondary N) is 4. The Bertz CT molecular complexity index is 1070. The van der Waals surface area contributed by atoms with E-state index in [9.17, 15) is 29.1 Å². The van der Waals surface area contributed by atoms with Crippen molar-refractivity contribution < 1.29 is 33.8 Å². The van der Waals surface area contributed by atoms with Gasteiger partial charge in [0.15, 0.2) is 0 Å². The van der Waals surface area contributed by atoms with Crippen molar-refractivity contribution in [2.75, 3.05) is 7.11 Å². The van der Waals surface area contributed by atoms with Gasteiger partial charge in [0.25, 0.3) is 0 Å². The van der Waals surface area contributed by atoms with E-state index in [2.05, 4.69) is 21.3 Å². The molecular weight excluding hydrogens is 540 g/mol. The summed E-state index contributed by atoms with van der Waals surface area (Å²) >= 11 is 0. The maximum atomic E-state index is 13.1. The van der Waals surface area contributed by atoms with Crippen LogP contribution in [0.5, 0.6) is 0 Å². The Labute approximate surface area is 249 Å². The largest absolute Gasteiger partial charge is 0.467 e.